The van der Waals surface area contributed by atoms with E-state index in [9.17, 15) is 4.79 Å². The van der Waals surface area contributed by atoms with Crippen molar-refractivity contribution in [2.24, 2.45) is 0 Å². The van der Waals surface area contributed by atoms with Crippen molar-refractivity contribution in [3.05, 3.63) is 47.8 Å². The van der Waals surface area contributed by atoms with Gasteiger partial charge in [-0.2, -0.15) is 0 Å². The van der Waals surface area contributed by atoms with Crippen LogP contribution in [0.1, 0.15) is 43.0 Å². The lowest BCUT2D eigenvalue weighted by Crippen LogP contribution is -2.34. The van der Waals surface area contributed by atoms with E-state index in [1.54, 1.807) is 6.20 Å². The van der Waals surface area contributed by atoms with Crippen LogP contribution in [-0.2, 0) is 17.8 Å². The molecule has 0 bridgehead atoms. The van der Waals surface area contributed by atoms with Gasteiger partial charge in [-0.05, 0) is 31.4 Å². The molecule has 0 unspecified atom stereocenters. The number of hydrogen-bond donors (Lipinski definition) is 1. The van der Waals surface area contributed by atoms with Crippen molar-refractivity contribution in [1.82, 2.24) is 24.4 Å². The highest BCUT2D eigenvalue weighted by atomic mass is 16.2. The lowest BCUT2D eigenvalue weighted by molar-refractivity contribution is -0.132. The van der Waals surface area contributed by atoms with Crippen molar-refractivity contribution in [3.8, 4) is 0 Å². The summed E-state index contributed by atoms with van der Waals surface area (Å²) in [7, 11) is 0. The van der Waals surface area contributed by atoms with E-state index in [1.165, 1.54) is 0 Å². The third kappa shape index (κ3) is 2.81. The Morgan fingerprint density at radius 2 is 2.28 bits per heavy atom. The van der Waals surface area contributed by atoms with Crippen LogP contribution in [0.4, 0.5) is 0 Å². The summed E-state index contributed by atoms with van der Waals surface area (Å²) in [6, 6.07) is 6.17. The Labute approximate surface area is 146 Å². The van der Waals surface area contributed by atoms with Gasteiger partial charge in [0.15, 0.2) is 0 Å². The molecule has 4 rings (SSSR count). The number of aryl methyl sites for hydroxylation is 2. The number of carbonyl (C=O) groups is 1. The fourth-order valence-electron chi connectivity index (χ4n) is 3.74. The number of aromatic amines is 1. The van der Waals surface area contributed by atoms with E-state index in [1.807, 2.05) is 27.8 Å². The summed E-state index contributed by atoms with van der Waals surface area (Å²) in [5.41, 5.74) is 3.19. The van der Waals surface area contributed by atoms with E-state index in [0.717, 1.165) is 54.1 Å². The standard InChI is InChI=1S/C19H23N5O/c1-3-16-20-9-11-23(16)12-17(25)24-10-5-8-15(24)19-21-14-7-4-6-13(2)18(14)22-19/h4,6-7,9,11,15H,3,5,8,10,12H2,1-2H3,(H,21,22)/t15-/m1/s1. The first-order chi connectivity index (χ1) is 12.2. The average molecular weight is 337 g/mol. The molecule has 3 heterocycles. The topological polar surface area (TPSA) is 66.8 Å². The molecule has 3 aromatic rings. The molecule has 130 valence electrons. The molecule has 0 aliphatic carbocycles. The van der Waals surface area contributed by atoms with Crippen LogP contribution in [0.15, 0.2) is 30.6 Å². The number of imidazole rings is 2. The molecule has 0 radical (unpaired) electrons. The zero-order valence-corrected chi connectivity index (χ0v) is 14.7. The van der Waals surface area contributed by atoms with Gasteiger partial charge in [0, 0.05) is 25.4 Å². The van der Waals surface area contributed by atoms with Crippen LogP contribution in [-0.4, -0.2) is 36.9 Å². The summed E-state index contributed by atoms with van der Waals surface area (Å²) in [4.78, 5) is 27.4. The van der Waals surface area contributed by atoms with Crippen LogP contribution in [0, 0.1) is 6.92 Å². The number of carbonyl (C=O) groups excluding carboxylic acids is 1. The van der Waals surface area contributed by atoms with Gasteiger partial charge in [-0.15, -0.1) is 0 Å². The van der Waals surface area contributed by atoms with Gasteiger partial charge in [-0.25, -0.2) is 9.97 Å². The maximum Gasteiger partial charge on any atom is 0.243 e. The summed E-state index contributed by atoms with van der Waals surface area (Å²) < 4.78 is 1.94. The van der Waals surface area contributed by atoms with Crippen molar-refractivity contribution in [3.63, 3.8) is 0 Å². The first-order valence-corrected chi connectivity index (χ1v) is 8.92. The van der Waals surface area contributed by atoms with Crippen molar-refractivity contribution in [2.45, 2.75) is 45.7 Å². The second-order valence-electron chi connectivity index (χ2n) is 6.66. The van der Waals surface area contributed by atoms with Crippen LogP contribution in [0.25, 0.3) is 11.0 Å². The van der Waals surface area contributed by atoms with Crippen molar-refractivity contribution in [1.29, 1.82) is 0 Å². The number of H-pyrrole nitrogens is 1. The Hall–Kier alpha value is -2.63. The first kappa shape index (κ1) is 15.9. The molecular formula is C19H23N5O. The second-order valence-corrected chi connectivity index (χ2v) is 6.66. The molecular weight excluding hydrogens is 314 g/mol. The van der Waals surface area contributed by atoms with E-state index >= 15 is 0 Å². The zero-order chi connectivity index (χ0) is 17.4. The van der Waals surface area contributed by atoms with E-state index < -0.39 is 0 Å². The van der Waals surface area contributed by atoms with E-state index in [-0.39, 0.29) is 11.9 Å². The molecule has 1 fully saturated rings. The molecule has 1 saturated heterocycles. The fraction of sp³-hybridized carbons (Fsp3) is 0.421. The minimum Gasteiger partial charge on any atom is -0.340 e. The highest BCUT2D eigenvalue weighted by Crippen LogP contribution is 2.32. The Balaban J connectivity index is 1.59. The van der Waals surface area contributed by atoms with Gasteiger partial charge < -0.3 is 14.5 Å². The molecule has 1 aromatic carbocycles. The fourth-order valence-corrected chi connectivity index (χ4v) is 3.74. The van der Waals surface area contributed by atoms with E-state index in [4.69, 9.17) is 4.98 Å². The third-order valence-electron chi connectivity index (χ3n) is 5.05. The molecule has 1 amide bonds. The number of nitrogens with zero attached hydrogens (tertiary/aromatic N) is 4. The highest BCUT2D eigenvalue weighted by molar-refractivity contribution is 5.79. The Morgan fingerprint density at radius 3 is 3.08 bits per heavy atom. The number of aromatic nitrogens is 4. The predicted molar refractivity (Wildman–Crippen MR) is 96.1 cm³/mol. The van der Waals surface area contributed by atoms with E-state index in [2.05, 4.69) is 29.9 Å². The number of nitrogens with one attached hydrogen (secondary N) is 1. The summed E-state index contributed by atoms with van der Waals surface area (Å²) in [6.07, 6.45) is 6.43. The Kier molecular flexibility index (Phi) is 4.03. The minimum absolute atomic E-state index is 0.0351. The number of amides is 1. The average Bonchev–Trinajstić information content (AvgIpc) is 3.33. The van der Waals surface area contributed by atoms with Gasteiger partial charge in [0.25, 0.3) is 0 Å². The molecule has 1 aliphatic heterocycles. The first-order valence-electron chi connectivity index (χ1n) is 8.92. The molecule has 0 saturated carbocycles. The van der Waals surface area contributed by atoms with E-state index in [0.29, 0.717) is 6.54 Å². The van der Waals surface area contributed by atoms with Crippen molar-refractivity contribution >= 4 is 16.9 Å². The molecule has 1 atom stereocenters. The molecule has 2 aromatic heterocycles. The second kappa shape index (κ2) is 6.35. The van der Waals surface area contributed by atoms with Crippen LogP contribution in [0.2, 0.25) is 0 Å². The highest BCUT2D eigenvalue weighted by Gasteiger charge is 2.32. The van der Waals surface area contributed by atoms with Crippen LogP contribution in [0.3, 0.4) is 0 Å². The van der Waals surface area contributed by atoms with Crippen molar-refractivity contribution in [2.75, 3.05) is 6.54 Å². The van der Waals surface area contributed by atoms with Gasteiger partial charge in [-0.1, -0.05) is 19.1 Å². The normalized spacial score (nSPS) is 17.5. The predicted octanol–water partition coefficient (Wildman–Crippen LogP) is 2.99. The van der Waals surface area contributed by atoms with Crippen molar-refractivity contribution < 1.29 is 4.79 Å². The number of benzene rings is 1. The van der Waals surface area contributed by atoms with Crippen LogP contribution < -0.4 is 0 Å². The lowest BCUT2D eigenvalue weighted by Gasteiger charge is -2.23. The summed E-state index contributed by atoms with van der Waals surface area (Å²) in [6.45, 7) is 5.25. The van der Waals surface area contributed by atoms with Gasteiger partial charge in [0.2, 0.25) is 5.91 Å². The van der Waals surface area contributed by atoms with Gasteiger partial charge >= 0.3 is 0 Å². The zero-order valence-electron chi connectivity index (χ0n) is 14.7. The lowest BCUT2D eigenvalue weighted by atomic mass is 10.2. The van der Waals surface area contributed by atoms with Gasteiger partial charge in [0.05, 0.1) is 17.1 Å². The third-order valence-corrected chi connectivity index (χ3v) is 5.05. The summed E-state index contributed by atoms with van der Waals surface area (Å²) in [5, 5.41) is 0. The number of likely N-dealkylation sites (tertiary alicyclic amines) is 1. The molecule has 6 heteroatoms. The largest absolute Gasteiger partial charge is 0.340 e. The van der Waals surface area contributed by atoms with Gasteiger partial charge in [-0.3, -0.25) is 4.79 Å². The SMILES string of the molecule is CCc1nccn1CC(=O)N1CCC[C@@H]1c1nc2c(C)cccc2[nH]1. The van der Waals surface area contributed by atoms with Gasteiger partial charge in [0.1, 0.15) is 18.2 Å². The minimum atomic E-state index is 0.0351. The summed E-state index contributed by atoms with van der Waals surface area (Å²) in [5.74, 6) is 1.98. The quantitative estimate of drug-likeness (QED) is 0.796. The Morgan fingerprint density at radius 1 is 1.40 bits per heavy atom. The monoisotopic (exact) mass is 337 g/mol. The maximum atomic E-state index is 12.9. The number of rotatable bonds is 4. The maximum absolute atomic E-state index is 12.9. The summed E-state index contributed by atoms with van der Waals surface area (Å²) >= 11 is 0. The molecule has 1 aliphatic rings. The number of hydrogen-bond acceptors (Lipinski definition) is 3. The molecule has 25 heavy (non-hydrogen) atoms. The number of para-hydroxylation sites is 1. The molecule has 1 N–H and O–H groups in total. The Bertz CT molecular complexity index is 910. The smallest absolute Gasteiger partial charge is 0.243 e. The molecule has 6 nitrogen and oxygen atoms in total. The van der Waals surface area contributed by atoms with Crippen LogP contribution >= 0.6 is 0 Å². The van der Waals surface area contributed by atoms with Crippen LogP contribution in [0.5, 0.6) is 0 Å². The molecule has 0 spiro atoms. The number of fused-ring (bicyclic) bond motifs is 1.